The molecule has 4 rings (SSSR count). The van der Waals surface area contributed by atoms with Crippen molar-refractivity contribution >= 4 is 39.1 Å². The van der Waals surface area contributed by atoms with Crippen molar-refractivity contribution in [3.63, 3.8) is 0 Å². The van der Waals surface area contributed by atoms with E-state index < -0.39 is 0 Å². The SMILES string of the molecule is COc1ccc2nc(Nc3cccc(C(=N)N)c3)c3[nH]ncc3c2c1. The fourth-order valence-electron chi connectivity index (χ4n) is 2.79. The van der Waals surface area contributed by atoms with E-state index in [9.17, 15) is 0 Å². The lowest BCUT2D eigenvalue weighted by Gasteiger charge is -2.10. The first-order valence-corrected chi connectivity index (χ1v) is 7.68. The van der Waals surface area contributed by atoms with Crippen molar-refractivity contribution < 1.29 is 4.74 Å². The van der Waals surface area contributed by atoms with Crippen LogP contribution in [0.1, 0.15) is 5.56 Å². The van der Waals surface area contributed by atoms with E-state index in [1.54, 1.807) is 19.4 Å². The van der Waals surface area contributed by atoms with Crippen LogP contribution >= 0.6 is 0 Å². The van der Waals surface area contributed by atoms with Gasteiger partial charge in [-0.15, -0.1) is 0 Å². The highest BCUT2D eigenvalue weighted by Gasteiger charge is 2.12. The van der Waals surface area contributed by atoms with Crippen LogP contribution in [0.2, 0.25) is 0 Å². The first-order chi connectivity index (χ1) is 12.2. The molecule has 0 saturated carbocycles. The molecule has 0 radical (unpaired) electrons. The maximum Gasteiger partial charge on any atom is 0.157 e. The van der Waals surface area contributed by atoms with Crippen molar-refractivity contribution in [1.82, 2.24) is 15.2 Å². The zero-order valence-electron chi connectivity index (χ0n) is 13.5. The summed E-state index contributed by atoms with van der Waals surface area (Å²) in [6.07, 6.45) is 1.77. The standard InChI is InChI=1S/C18H16N6O/c1-25-12-5-6-15-13(8-12)14-9-21-24-16(14)18(23-15)22-11-4-2-3-10(7-11)17(19)20/h2-9H,1H3,(H3,19,20)(H,21,24)(H,22,23). The molecule has 0 bridgehead atoms. The predicted octanol–water partition coefficient (Wildman–Crippen LogP) is 3.15. The summed E-state index contributed by atoms with van der Waals surface area (Å²) in [5, 5.41) is 19.9. The van der Waals surface area contributed by atoms with Crippen molar-refractivity contribution in [3.8, 4) is 5.75 Å². The minimum atomic E-state index is 0.0221. The summed E-state index contributed by atoms with van der Waals surface area (Å²) in [6.45, 7) is 0. The lowest BCUT2D eigenvalue weighted by Crippen LogP contribution is -2.11. The highest BCUT2D eigenvalue weighted by atomic mass is 16.5. The average molecular weight is 332 g/mol. The maximum absolute atomic E-state index is 7.57. The summed E-state index contributed by atoms with van der Waals surface area (Å²) in [7, 11) is 1.64. The molecule has 124 valence electrons. The van der Waals surface area contributed by atoms with E-state index in [4.69, 9.17) is 20.9 Å². The second-order valence-electron chi connectivity index (χ2n) is 5.62. The third-order valence-electron chi connectivity index (χ3n) is 4.04. The molecule has 25 heavy (non-hydrogen) atoms. The number of methoxy groups -OCH3 is 1. The monoisotopic (exact) mass is 332 g/mol. The highest BCUT2D eigenvalue weighted by molar-refractivity contribution is 6.09. The number of amidine groups is 1. The van der Waals surface area contributed by atoms with Crippen LogP contribution in [-0.2, 0) is 0 Å². The van der Waals surface area contributed by atoms with Gasteiger partial charge in [-0.1, -0.05) is 12.1 Å². The van der Waals surface area contributed by atoms with E-state index in [1.807, 2.05) is 36.4 Å². The minimum Gasteiger partial charge on any atom is -0.497 e. The van der Waals surface area contributed by atoms with Gasteiger partial charge in [-0.3, -0.25) is 10.5 Å². The number of nitrogens with zero attached hydrogens (tertiary/aromatic N) is 2. The first-order valence-electron chi connectivity index (χ1n) is 7.68. The van der Waals surface area contributed by atoms with Crippen LogP contribution in [0.5, 0.6) is 5.75 Å². The van der Waals surface area contributed by atoms with Gasteiger partial charge >= 0.3 is 0 Å². The van der Waals surface area contributed by atoms with Crippen LogP contribution in [0.4, 0.5) is 11.5 Å². The summed E-state index contributed by atoms with van der Waals surface area (Å²) in [6, 6.07) is 13.1. The van der Waals surface area contributed by atoms with Gasteiger partial charge in [0.25, 0.3) is 0 Å². The van der Waals surface area contributed by atoms with Gasteiger partial charge in [0.05, 0.1) is 18.8 Å². The molecule has 2 aromatic carbocycles. The quantitative estimate of drug-likeness (QED) is 0.339. The number of pyridine rings is 1. The molecule has 0 unspecified atom stereocenters. The molecule has 0 fully saturated rings. The van der Waals surface area contributed by atoms with Crippen LogP contribution in [0.25, 0.3) is 21.8 Å². The number of fused-ring (bicyclic) bond motifs is 3. The fraction of sp³-hybridized carbons (Fsp3) is 0.0556. The number of nitrogen functional groups attached to an aromatic ring is 1. The number of rotatable bonds is 4. The molecule has 4 aromatic rings. The number of hydrogen-bond acceptors (Lipinski definition) is 5. The van der Waals surface area contributed by atoms with E-state index in [0.29, 0.717) is 11.4 Å². The van der Waals surface area contributed by atoms with E-state index in [2.05, 4.69) is 15.5 Å². The maximum atomic E-state index is 7.57. The zero-order valence-corrected chi connectivity index (χ0v) is 13.5. The predicted molar refractivity (Wildman–Crippen MR) is 98.7 cm³/mol. The Labute approximate surface area is 143 Å². The minimum absolute atomic E-state index is 0.0221. The third kappa shape index (κ3) is 2.61. The Bertz CT molecular complexity index is 1100. The van der Waals surface area contributed by atoms with E-state index in [0.717, 1.165) is 33.2 Å². The van der Waals surface area contributed by atoms with Gasteiger partial charge in [-0.2, -0.15) is 5.10 Å². The number of H-pyrrole nitrogens is 1. The Morgan fingerprint density at radius 3 is 2.88 bits per heavy atom. The summed E-state index contributed by atoms with van der Waals surface area (Å²) in [5.41, 5.74) is 8.64. The second kappa shape index (κ2) is 5.79. The highest BCUT2D eigenvalue weighted by Crippen LogP contribution is 2.31. The van der Waals surface area contributed by atoms with Gasteiger partial charge in [0.1, 0.15) is 17.1 Å². The number of anilines is 2. The first kappa shape index (κ1) is 14.9. The van der Waals surface area contributed by atoms with Gasteiger partial charge in [0.2, 0.25) is 0 Å². The van der Waals surface area contributed by atoms with Gasteiger partial charge < -0.3 is 15.8 Å². The number of aromatic amines is 1. The Morgan fingerprint density at radius 2 is 2.08 bits per heavy atom. The Hall–Kier alpha value is -3.61. The molecule has 0 amide bonds. The smallest absolute Gasteiger partial charge is 0.157 e. The van der Waals surface area contributed by atoms with Crippen LogP contribution in [0.15, 0.2) is 48.7 Å². The molecule has 0 saturated heterocycles. The molecule has 2 heterocycles. The number of ether oxygens (including phenoxy) is 1. The van der Waals surface area contributed by atoms with Gasteiger partial charge in [0, 0.05) is 22.0 Å². The summed E-state index contributed by atoms with van der Waals surface area (Å²) in [4.78, 5) is 4.70. The third-order valence-corrected chi connectivity index (χ3v) is 4.04. The summed E-state index contributed by atoms with van der Waals surface area (Å²) >= 11 is 0. The molecule has 2 aromatic heterocycles. The molecule has 0 spiro atoms. The molecule has 5 N–H and O–H groups in total. The van der Waals surface area contributed by atoms with Crippen LogP contribution in [0.3, 0.4) is 0 Å². The van der Waals surface area contributed by atoms with Crippen molar-refractivity contribution in [1.29, 1.82) is 5.41 Å². The number of nitrogens with one attached hydrogen (secondary N) is 3. The fourth-order valence-corrected chi connectivity index (χ4v) is 2.79. The van der Waals surface area contributed by atoms with Crippen molar-refractivity contribution in [2.75, 3.05) is 12.4 Å². The van der Waals surface area contributed by atoms with Crippen LogP contribution < -0.4 is 15.8 Å². The van der Waals surface area contributed by atoms with Gasteiger partial charge in [-0.25, -0.2) is 4.98 Å². The van der Waals surface area contributed by atoms with Crippen LogP contribution in [-0.4, -0.2) is 28.1 Å². The average Bonchev–Trinajstić information content (AvgIpc) is 3.12. The van der Waals surface area contributed by atoms with Gasteiger partial charge in [0.15, 0.2) is 5.82 Å². The molecule has 0 aliphatic heterocycles. The van der Waals surface area contributed by atoms with Crippen LogP contribution in [0, 0.1) is 5.41 Å². The van der Waals surface area contributed by atoms with Crippen molar-refractivity contribution in [2.45, 2.75) is 0 Å². The Kier molecular flexibility index (Phi) is 3.46. The van der Waals surface area contributed by atoms with Crippen molar-refractivity contribution in [2.24, 2.45) is 5.73 Å². The molecule has 0 aliphatic rings. The zero-order chi connectivity index (χ0) is 17.4. The molecule has 7 heteroatoms. The van der Waals surface area contributed by atoms with Gasteiger partial charge in [-0.05, 0) is 30.3 Å². The van der Waals surface area contributed by atoms with E-state index in [-0.39, 0.29) is 5.84 Å². The number of nitrogens with two attached hydrogens (primary N) is 1. The summed E-state index contributed by atoms with van der Waals surface area (Å²) in [5.74, 6) is 1.45. The molecular formula is C18H16N6O. The lowest BCUT2D eigenvalue weighted by molar-refractivity contribution is 0.415. The second-order valence-corrected chi connectivity index (χ2v) is 5.62. The molecular weight excluding hydrogens is 316 g/mol. The lowest BCUT2D eigenvalue weighted by atomic mass is 10.1. The number of aromatic nitrogens is 3. The normalized spacial score (nSPS) is 10.9. The molecule has 7 nitrogen and oxygen atoms in total. The Balaban J connectivity index is 1.85. The Morgan fingerprint density at radius 1 is 1.20 bits per heavy atom. The topological polar surface area (TPSA) is 113 Å². The molecule has 0 atom stereocenters. The number of hydrogen-bond donors (Lipinski definition) is 4. The van der Waals surface area contributed by atoms with Crippen molar-refractivity contribution in [3.05, 3.63) is 54.2 Å². The number of benzene rings is 2. The molecule has 0 aliphatic carbocycles. The van der Waals surface area contributed by atoms with E-state index >= 15 is 0 Å². The summed E-state index contributed by atoms with van der Waals surface area (Å²) < 4.78 is 5.30. The van der Waals surface area contributed by atoms with E-state index in [1.165, 1.54) is 0 Å². The largest absolute Gasteiger partial charge is 0.497 e.